The lowest BCUT2D eigenvalue weighted by atomic mass is 10.1. The molecule has 2 rings (SSSR count). The minimum absolute atomic E-state index is 0.114. The van der Waals surface area contributed by atoms with Crippen LogP contribution < -0.4 is 10.2 Å². The van der Waals surface area contributed by atoms with E-state index in [9.17, 15) is 27.6 Å². The minimum atomic E-state index is -2.90. The average Bonchev–Trinajstić information content (AvgIpc) is 2.88. The van der Waals surface area contributed by atoms with Gasteiger partial charge in [-0.15, -0.1) is 0 Å². The highest BCUT2D eigenvalue weighted by atomic mass is 19.3. The van der Waals surface area contributed by atoms with Crippen molar-refractivity contribution in [1.29, 1.82) is 0 Å². The number of carboxylic acid groups (broad SMARTS) is 1. The summed E-state index contributed by atoms with van der Waals surface area (Å²) < 4.78 is 37.6. The number of anilines is 1. The topological polar surface area (TPSA) is 86.7 Å². The summed E-state index contributed by atoms with van der Waals surface area (Å²) >= 11 is 0. The van der Waals surface area contributed by atoms with Gasteiger partial charge in [0, 0.05) is 18.7 Å². The Hall–Kier alpha value is -2.58. The molecule has 24 heavy (non-hydrogen) atoms. The molecule has 1 saturated heterocycles. The lowest BCUT2D eigenvalue weighted by molar-refractivity contribution is -0.144. The van der Waals surface area contributed by atoms with Crippen LogP contribution in [0.5, 0.6) is 0 Å². The second-order valence-electron chi connectivity index (χ2n) is 5.33. The van der Waals surface area contributed by atoms with E-state index in [4.69, 9.17) is 5.11 Å². The number of benzene rings is 1. The van der Waals surface area contributed by atoms with Gasteiger partial charge in [-0.25, -0.2) is 18.0 Å². The zero-order valence-electron chi connectivity index (χ0n) is 12.4. The molecule has 0 aliphatic carbocycles. The van der Waals surface area contributed by atoms with Gasteiger partial charge in [-0.1, -0.05) is 0 Å². The fourth-order valence-electron chi connectivity index (χ4n) is 2.47. The Kier molecular flexibility index (Phi) is 5.42. The molecule has 0 aromatic heterocycles. The molecule has 1 fully saturated rings. The van der Waals surface area contributed by atoms with Gasteiger partial charge in [0.15, 0.2) is 0 Å². The molecule has 2 N–H and O–H groups in total. The van der Waals surface area contributed by atoms with E-state index < -0.39 is 48.4 Å². The third-order valence-electron chi connectivity index (χ3n) is 3.69. The lowest BCUT2D eigenvalue weighted by Crippen LogP contribution is -2.46. The summed E-state index contributed by atoms with van der Waals surface area (Å²) in [6.45, 7) is 0.190. The first-order valence-electron chi connectivity index (χ1n) is 7.18. The maximum atomic E-state index is 12.9. The number of carboxylic acids is 1. The molecular weight excluding hydrogens is 329 g/mol. The molecule has 1 aliphatic heterocycles. The van der Waals surface area contributed by atoms with Gasteiger partial charge in [0.1, 0.15) is 17.8 Å². The average molecular weight is 344 g/mol. The predicted octanol–water partition coefficient (Wildman–Crippen LogP) is 1.40. The van der Waals surface area contributed by atoms with Crippen molar-refractivity contribution in [3.8, 4) is 0 Å². The summed E-state index contributed by atoms with van der Waals surface area (Å²) in [4.78, 5) is 36.5. The van der Waals surface area contributed by atoms with Gasteiger partial charge < -0.3 is 15.3 Å². The van der Waals surface area contributed by atoms with Gasteiger partial charge in [-0.2, -0.15) is 0 Å². The molecule has 0 radical (unpaired) electrons. The lowest BCUT2D eigenvalue weighted by Gasteiger charge is -2.18. The Morgan fingerprint density at radius 1 is 1.29 bits per heavy atom. The summed E-state index contributed by atoms with van der Waals surface area (Å²) in [7, 11) is 0. The smallest absolute Gasteiger partial charge is 0.326 e. The Bertz CT molecular complexity index is 636. The minimum Gasteiger partial charge on any atom is -0.480 e. The third-order valence-corrected chi connectivity index (χ3v) is 3.69. The number of aliphatic carboxylic acids is 1. The summed E-state index contributed by atoms with van der Waals surface area (Å²) in [5, 5.41) is 10.8. The quantitative estimate of drug-likeness (QED) is 0.764. The molecule has 0 saturated carbocycles. The van der Waals surface area contributed by atoms with Crippen LogP contribution in [-0.4, -0.2) is 41.9 Å². The van der Waals surface area contributed by atoms with Crippen LogP contribution in [0.2, 0.25) is 0 Å². The largest absolute Gasteiger partial charge is 0.480 e. The maximum absolute atomic E-state index is 12.9. The van der Waals surface area contributed by atoms with Crippen molar-refractivity contribution in [2.45, 2.75) is 25.3 Å². The van der Waals surface area contributed by atoms with Crippen LogP contribution in [0.3, 0.4) is 0 Å². The number of carbonyl (C=O) groups is 3. The fourth-order valence-corrected chi connectivity index (χ4v) is 2.47. The maximum Gasteiger partial charge on any atom is 0.326 e. The van der Waals surface area contributed by atoms with Crippen LogP contribution in [0.15, 0.2) is 24.3 Å². The van der Waals surface area contributed by atoms with E-state index in [0.29, 0.717) is 5.69 Å². The number of rotatable bonds is 6. The van der Waals surface area contributed by atoms with E-state index in [1.165, 1.54) is 29.2 Å². The molecule has 1 aromatic carbocycles. The first kappa shape index (κ1) is 17.8. The highest BCUT2D eigenvalue weighted by Gasteiger charge is 2.39. The molecule has 9 heteroatoms. The number of hydrogen-bond acceptors (Lipinski definition) is 3. The molecular formula is C15H15F3N2O4. The van der Waals surface area contributed by atoms with Crippen molar-refractivity contribution in [1.82, 2.24) is 5.32 Å². The highest BCUT2D eigenvalue weighted by molar-refractivity contribution is 6.10. The highest BCUT2D eigenvalue weighted by Crippen LogP contribution is 2.25. The van der Waals surface area contributed by atoms with Gasteiger partial charge in [0.25, 0.3) is 0 Å². The molecule has 130 valence electrons. The van der Waals surface area contributed by atoms with E-state index in [1.807, 2.05) is 5.32 Å². The molecule has 0 spiro atoms. The number of carbonyl (C=O) groups excluding carboxylic acids is 2. The number of nitrogens with one attached hydrogen (secondary N) is 1. The Balaban J connectivity index is 2.04. The Labute approximate surface area is 135 Å². The number of hydrogen-bond donors (Lipinski definition) is 2. The van der Waals surface area contributed by atoms with Crippen molar-refractivity contribution in [3.63, 3.8) is 0 Å². The molecule has 6 nitrogen and oxygen atoms in total. The van der Waals surface area contributed by atoms with E-state index >= 15 is 0 Å². The number of alkyl halides is 2. The van der Waals surface area contributed by atoms with Crippen molar-refractivity contribution < 1.29 is 32.7 Å². The molecule has 1 aliphatic rings. The van der Waals surface area contributed by atoms with E-state index in [2.05, 4.69) is 0 Å². The van der Waals surface area contributed by atoms with Crippen LogP contribution in [0.4, 0.5) is 18.9 Å². The second-order valence-corrected chi connectivity index (χ2v) is 5.33. The molecule has 0 bridgehead atoms. The molecule has 1 heterocycles. The SMILES string of the molecule is O=C(O)C(CC(F)F)NC(=O)C1CCN(c2ccc(F)cc2)C1=O. The van der Waals surface area contributed by atoms with Crippen LogP contribution >= 0.6 is 0 Å². The zero-order valence-corrected chi connectivity index (χ0v) is 12.4. The standard InChI is InChI=1S/C15H15F3N2O4/c16-8-1-3-9(4-2-8)20-6-5-10(14(20)22)13(21)19-11(15(23)24)7-12(17)18/h1-4,10-12H,5-7H2,(H,19,21)(H,23,24). The molecule has 2 unspecified atom stereocenters. The second kappa shape index (κ2) is 7.33. The number of amides is 2. The van der Waals surface area contributed by atoms with Crippen molar-refractivity contribution in [2.75, 3.05) is 11.4 Å². The van der Waals surface area contributed by atoms with Gasteiger partial charge in [0.2, 0.25) is 18.2 Å². The van der Waals surface area contributed by atoms with E-state index in [1.54, 1.807) is 0 Å². The van der Waals surface area contributed by atoms with E-state index in [-0.39, 0.29) is 13.0 Å². The van der Waals surface area contributed by atoms with Gasteiger partial charge in [-0.05, 0) is 30.7 Å². The van der Waals surface area contributed by atoms with Gasteiger partial charge >= 0.3 is 5.97 Å². The molecule has 2 amide bonds. The van der Waals surface area contributed by atoms with Crippen molar-refractivity contribution >= 4 is 23.5 Å². The fraction of sp³-hybridized carbons (Fsp3) is 0.400. The van der Waals surface area contributed by atoms with E-state index in [0.717, 1.165) is 0 Å². The van der Waals surface area contributed by atoms with Crippen molar-refractivity contribution in [2.24, 2.45) is 5.92 Å². The molecule has 2 atom stereocenters. The monoisotopic (exact) mass is 344 g/mol. The van der Waals surface area contributed by atoms with Crippen LogP contribution in [0, 0.1) is 11.7 Å². The first-order chi connectivity index (χ1) is 11.3. The molecule has 1 aromatic rings. The predicted molar refractivity (Wildman–Crippen MR) is 77.0 cm³/mol. The summed E-state index contributed by atoms with van der Waals surface area (Å²) in [5.41, 5.74) is 0.402. The summed E-state index contributed by atoms with van der Waals surface area (Å²) in [6, 6.07) is 3.33. The number of nitrogens with zero attached hydrogens (tertiary/aromatic N) is 1. The van der Waals surface area contributed by atoms with Crippen LogP contribution in [0.25, 0.3) is 0 Å². The normalized spacial score (nSPS) is 18.8. The van der Waals surface area contributed by atoms with Gasteiger partial charge in [-0.3, -0.25) is 9.59 Å². The van der Waals surface area contributed by atoms with Crippen LogP contribution in [0.1, 0.15) is 12.8 Å². The first-order valence-corrected chi connectivity index (χ1v) is 7.18. The van der Waals surface area contributed by atoms with Crippen LogP contribution in [-0.2, 0) is 14.4 Å². The summed E-state index contributed by atoms with van der Waals surface area (Å²) in [5.74, 6) is -4.71. The zero-order chi connectivity index (χ0) is 17.9. The third kappa shape index (κ3) is 4.03. The van der Waals surface area contributed by atoms with Crippen molar-refractivity contribution in [3.05, 3.63) is 30.1 Å². The number of halogens is 3. The van der Waals surface area contributed by atoms with Gasteiger partial charge in [0.05, 0.1) is 0 Å². The summed E-state index contributed by atoms with van der Waals surface area (Å²) in [6.07, 6.45) is -3.83. The Morgan fingerprint density at radius 3 is 2.46 bits per heavy atom. The Morgan fingerprint density at radius 2 is 1.92 bits per heavy atom.